The zero-order valence-corrected chi connectivity index (χ0v) is 5.36. The van der Waals surface area contributed by atoms with E-state index in [0.29, 0.717) is 0 Å². The van der Waals surface area contributed by atoms with Crippen LogP contribution in [0, 0.1) is 0 Å². The third-order valence-electron chi connectivity index (χ3n) is 1.24. The van der Waals surface area contributed by atoms with Crippen molar-refractivity contribution < 1.29 is 5.11 Å². The van der Waals surface area contributed by atoms with Crippen LogP contribution in [0.3, 0.4) is 0 Å². The molecule has 0 radical (unpaired) electrons. The van der Waals surface area contributed by atoms with Gasteiger partial charge in [0.15, 0.2) is 0 Å². The average molecular weight is 126 g/mol. The molecule has 1 aromatic rings. The second-order valence-electron chi connectivity index (χ2n) is 2.02. The fourth-order valence-electron chi connectivity index (χ4n) is 0.625. The first-order chi connectivity index (χ1) is 4.34. The zero-order chi connectivity index (χ0) is 6.69. The molecule has 0 saturated carbocycles. The summed E-state index contributed by atoms with van der Waals surface area (Å²) < 4.78 is 1.72. The molecule has 0 fully saturated rings. The van der Waals surface area contributed by atoms with Crippen LogP contribution in [0.5, 0.6) is 0 Å². The van der Waals surface area contributed by atoms with Crippen LogP contribution in [0.25, 0.3) is 0 Å². The highest BCUT2D eigenvalue weighted by Crippen LogP contribution is 1.99. The van der Waals surface area contributed by atoms with Crippen molar-refractivity contribution in [3.05, 3.63) is 18.5 Å². The van der Waals surface area contributed by atoms with E-state index in [1.807, 2.05) is 19.2 Å². The number of nitrogens with zero attached hydrogens (tertiary/aromatic N) is 2. The third-order valence-corrected chi connectivity index (χ3v) is 1.24. The van der Waals surface area contributed by atoms with Crippen LogP contribution in [0.15, 0.2) is 18.5 Å². The number of aliphatic hydroxyl groups is 1. The normalized spacial score (nSPS) is 13.6. The highest BCUT2D eigenvalue weighted by atomic mass is 16.3. The Morgan fingerprint density at radius 2 is 2.56 bits per heavy atom. The second-order valence-corrected chi connectivity index (χ2v) is 2.02. The van der Waals surface area contributed by atoms with Crippen molar-refractivity contribution in [1.82, 2.24) is 9.78 Å². The van der Waals surface area contributed by atoms with Gasteiger partial charge in [0.2, 0.25) is 0 Å². The molecule has 1 atom stereocenters. The van der Waals surface area contributed by atoms with E-state index >= 15 is 0 Å². The van der Waals surface area contributed by atoms with E-state index in [9.17, 15) is 0 Å². The summed E-state index contributed by atoms with van der Waals surface area (Å²) in [6.07, 6.45) is 3.53. The second kappa shape index (κ2) is 2.64. The Bertz CT molecular complexity index is 160. The molecule has 1 aromatic heterocycles. The van der Waals surface area contributed by atoms with Crippen molar-refractivity contribution in [3.8, 4) is 0 Å². The van der Waals surface area contributed by atoms with Crippen molar-refractivity contribution in [1.29, 1.82) is 0 Å². The number of rotatable bonds is 2. The lowest BCUT2D eigenvalue weighted by atomic mass is 10.4. The fraction of sp³-hybridized carbons (Fsp3) is 0.500. The van der Waals surface area contributed by atoms with Crippen LogP contribution >= 0.6 is 0 Å². The molecule has 0 aromatic carbocycles. The lowest BCUT2D eigenvalue weighted by molar-refractivity contribution is 0.230. The molecular weight excluding hydrogens is 116 g/mol. The minimum Gasteiger partial charge on any atom is -0.394 e. The van der Waals surface area contributed by atoms with E-state index in [0.717, 1.165) is 0 Å². The van der Waals surface area contributed by atoms with Crippen LogP contribution < -0.4 is 0 Å². The zero-order valence-electron chi connectivity index (χ0n) is 5.36. The van der Waals surface area contributed by atoms with Crippen LogP contribution in [0.4, 0.5) is 0 Å². The molecule has 0 unspecified atom stereocenters. The summed E-state index contributed by atoms with van der Waals surface area (Å²) in [4.78, 5) is 0. The van der Waals surface area contributed by atoms with Gasteiger partial charge in [-0.1, -0.05) is 0 Å². The number of aliphatic hydroxyl groups excluding tert-OH is 1. The predicted octanol–water partition coefficient (Wildman–Crippen LogP) is 0.436. The molecule has 3 heteroatoms. The van der Waals surface area contributed by atoms with Crippen LogP contribution in [0.1, 0.15) is 13.0 Å². The summed E-state index contributed by atoms with van der Waals surface area (Å²) in [5, 5.41) is 12.6. The summed E-state index contributed by atoms with van der Waals surface area (Å²) in [5.41, 5.74) is 0. The largest absolute Gasteiger partial charge is 0.394 e. The van der Waals surface area contributed by atoms with E-state index in [2.05, 4.69) is 5.10 Å². The molecule has 50 valence electrons. The summed E-state index contributed by atoms with van der Waals surface area (Å²) >= 11 is 0. The van der Waals surface area contributed by atoms with Gasteiger partial charge in [-0.2, -0.15) is 5.10 Å². The van der Waals surface area contributed by atoms with Crippen LogP contribution in [-0.2, 0) is 0 Å². The summed E-state index contributed by atoms with van der Waals surface area (Å²) in [6.45, 7) is 2.05. The number of aromatic nitrogens is 2. The molecule has 0 aliphatic rings. The maximum Gasteiger partial charge on any atom is 0.0721 e. The van der Waals surface area contributed by atoms with Gasteiger partial charge >= 0.3 is 0 Å². The number of hydrogen-bond donors (Lipinski definition) is 1. The molecule has 0 amide bonds. The summed E-state index contributed by atoms with van der Waals surface area (Å²) in [7, 11) is 0. The average Bonchev–Trinajstić information content (AvgIpc) is 2.37. The maximum atomic E-state index is 8.65. The van der Waals surface area contributed by atoms with Crippen molar-refractivity contribution in [3.63, 3.8) is 0 Å². The molecule has 3 nitrogen and oxygen atoms in total. The minimum absolute atomic E-state index is 0.0972. The Balaban J connectivity index is 2.65. The molecule has 0 spiro atoms. The molecule has 0 aliphatic heterocycles. The van der Waals surface area contributed by atoms with Gasteiger partial charge in [-0.3, -0.25) is 4.68 Å². The van der Waals surface area contributed by atoms with Crippen molar-refractivity contribution in [2.45, 2.75) is 13.0 Å². The first kappa shape index (κ1) is 6.29. The third kappa shape index (κ3) is 1.29. The molecule has 1 rings (SSSR count). The van der Waals surface area contributed by atoms with Crippen molar-refractivity contribution >= 4 is 0 Å². The first-order valence-corrected chi connectivity index (χ1v) is 2.94. The molecular formula is C6H10N2O. The van der Waals surface area contributed by atoms with E-state index in [1.165, 1.54) is 0 Å². The van der Waals surface area contributed by atoms with Gasteiger partial charge in [0.05, 0.1) is 12.6 Å². The minimum atomic E-state index is 0.0972. The Morgan fingerprint density at radius 1 is 1.78 bits per heavy atom. The van der Waals surface area contributed by atoms with E-state index < -0.39 is 0 Å². The van der Waals surface area contributed by atoms with Gasteiger partial charge < -0.3 is 5.11 Å². The van der Waals surface area contributed by atoms with E-state index in [-0.39, 0.29) is 12.6 Å². The van der Waals surface area contributed by atoms with Crippen molar-refractivity contribution in [2.75, 3.05) is 6.61 Å². The van der Waals surface area contributed by atoms with Crippen LogP contribution in [0.2, 0.25) is 0 Å². The molecule has 0 aliphatic carbocycles. The lowest BCUT2D eigenvalue weighted by Crippen LogP contribution is -2.08. The first-order valence-electron chi connectivity index (χ1n) is 2.94. The molecule has 0 saturated heterocycles. The Hall–Kier alpha value is -0.830. The SMILES string of the molecule is C[C@H](CO)n1cccn1. The van der Waals surface area contributed by atoms with Gasteiger partial charge in [0.25, 0.3) is 0 Å². The van der Waals surface area contributed by atoms with Crippen molar-refractivity contribution in [2.24, 2.45) is 0 Å². The molecule has 1 heterocycles. The fourth-order valence-corrected chi connectivity index (χ4v) is 0.625. The molecule has 9 heavy (non-hydrogen) atoms. The van der Waals surface area contributed by atoms with Gasteiger partial charge in [0, 0.05) is 12.4 Å². The van der Waals surface area contributed by atoms with E-state index in [4.69, 9.17) is 5.11 Å². The quantitative estimate of drug-likeness (QED) is 0.624. The highest BCUT2D eigenvalue weighted by Gasteiger charge is 1.98. The monoisotopic (exact) mass is 126 g/mol. The highest BCUT2D eigenvalue weighted by molar-refractivity contribution is 4.79. The summed E-state index contributed by atoms with van der Waals surface area (Å²) in [6, 6.07) is 1.94. The van der Waals surface area contributed by atoms with Gasteiger partial charge in [-0.05, 0) is 13.0 Å². The summed E-state index contributed by atoms with van der Waals surface area (Å²) in [5.74, 6) is 0. The molecule has 0 bridgehead atoms. The number of hydrogen-bond acceptors (Lipinski definition) is 2. The van der Waals surface area contributed by atoms with Gasteiger partial charge in [0.1, 0.15) is 0 Å². The maximum absolute atomic E-state index is 8.65. The van der Waals surface area contributed by atoms with Crippen LogP contribution in [-0.4, -0.2) is 21.5 Å². The topological polar surface area (TPSA) is 38.0 Å². The predicted molar refractivity (Wildman–Crippen MR) is 34.0 cm³/mol. The molecule has 1 N–H and O–H groups in total. The lowest BCUT2D eigenvalue weighted by Gasteiger charge is -2.06. The van der Waals surface area contributed by atoms with E-state index in [1.54, 1.807) is 10.9 Å². The Labute approximate surface area is 53.9 Å². The smallest absolute Gasteiger partial charge is 0.0721 e. The Kier molecular flexibility index (Phi) is 1.85. The standard InChI is InChI=1S/C6H10N2O/c1-6(5-9)8-4-2-3-7-8/h2-4,6,9H,5H2,1H3/t6-/m1/s1. The van der Waals surface area contributed by atoms with Gasteiger partial charge in [-0.15, -0.1) is 0 Å². The Morgan fingerprint density at radius 3 is 3.00 bits per heavy atom. The van der Waals surface area contributed by atoms with Gasteiger partial charge in [-0.25, -0.2) is 0 Å².